The fourth-order valence-electron chi connectivity index (χ4n) is 2.70. The Balaban J connectivity index is 2.17. The van der Waals surface area contributed by atoms with Crippen molar-refractivity contribution < 1.29 is 14.3 Å². The Morgan fingerprint density at radius 1 is 1.04 bits per heavy atom. The van der Waals surface area contributed by atoms with Crippen LogP contribution in [-0.4, -0.2) is 15.6 Å². The second-order valence-electron chi connectivity index (χ2n) is 5.54. The van der Waals surface area contributed by atoms with Crippen molar-refractivity contribution in [1.29, 1.82) is 0 Å². The summed E-state index contributed by atoms with van der Waals surface area (Å²) in [4.78, 5) is 11.0. The normalized spacial score (nSPS) is 10.8. The number of halogens is 3. The van der Waals surface area contributed by atoms with Gasteiger partial charge in [0.05, 0.1) is 22.8 Å². The number of aromatic nitrogens is 1. The number of hydrogen-bond donors (Lipinski definition) is 1. The van der Waals surface area contributed by atoms with Crippen LogP contribution in [0.2, 0.25) is 10.0 Å². The first-order valence-corrected chi connectivity index (χ1v) is 8.35. The Bertz CT molecular complexity index is 920. The maximum absolute atomic E-state index is 13.2. The lowest BCUT2D eigenvalue weighted by Gasteiger charge is -2.15. The molecule has 0 radical (unpaired) electrons. The molecule has 0 amide bonds. The minimum absolute atomic E-state index is 0.00887. The molecule has 1 N–H and O–H groups in total. The molecule has 0 aliphatic heterocycles. The molecule has 0 atom stereocenters. The molecule has 3 nitrogen and oxygen atoms in total. The second-order valence-corrected chi connectivity index (χ2v) is 6.39. The molecule has 2 aromatic carbocycles. The number of aliphatic carboxylic acids is 1. The van der Waals surface area contributed by atoms with E-state index in [-0.39, 0.29) is 12.2 Å². The third kappa shape index (κ3) is 3.86. The molecule has 6 heteroatoms. The van der Waals surface area contributed by atoms with Gasteiger partial charge in [-0.25, -0.2) is 4.39 Å². The third-order valence-electron chi connectivity index (χ3n) is 3.85. The Morgan fingerprint density at radius 3 is 2.44 bits per heavy atom. The molecule has 0 aliphatic carbocycles. The van der Waals surface area contributed by atoms with E-state index in [1.165, 1.54) is 12.1 Å². The zero-order valence-corrected chi connectivity index (χ0v) is 14.6. The van der Waals surface area contributed by atoms with Crippen LogP contribution < -0.4 is 0 Å². The van der Waals surface area contributed by atoms with Crippen molar-refractivity contribution in [2.24, 2.45) is 0 Å². The first-order chi connectivity index (χ1) is 12.0. The summed E-state index contributed by atoms with van der Waals surface area (Å²) in [5.41, 5.74) is 3.01. The van der Waals surface area contributed by atoms with Crippen LogP contribution in [-0.2, 0) is 11.2 Å². The van der Waals surface area contributed by atoms with Crippen molar-refractivity contribution in [2.75, 3.05) is 0 Å². The van der Waals surface area contributed by atoms with Crippen LogP contribution in [0.4, 0.5) is 4.39 Å². The van der Waals surface area contributed by atoms with Crippen LogP contribution in [0.3, 0.4) is 0 Å². The molecule has 0 unspecified atom stereocenters. The zero-order valence-electron chi connectivity index (χ0n) is 13.0. The van der Waals surface area contributed by atoms with E-state index >= 15 is 0 Å². The molecular formula is C19H14Cl2FNO2. The molecule has 0 saturated carbocycles. The first kappa shape index (κ1) is 17.5. The minimum Gasteiger partial charge on any atom is -0.481 e. The monoisotopic (exact) mass is 377 g/mol. The van der Waals surface area contributed by atoms with E-state index in [4.69, 9.17) is 28.3 Å². The van der Waals surface area contributed by atoms with Gasteiger partial charge >= 0.3 is 5.97 Å². The van der Waals surface area contributed by atoms with E-state index in [2.05, 4.69) is 0 Å². The lowest BCUT2D eigenvalue weighted by molar-refractivity contribution is -0.136. The van der Waals surface area contributed by atoms with Gasteiger partial charge < -0.3 is 9.67 Å². The lowest BCUT2D eigenvalue weighted by Crippen LogP contribution is -2.06. The lowest BCUT2D eigenvalue weighted by atomic mass is 10.1. The number of nitrogens with zero attached hydrogens (tertiary/aromatic N) is 1. The zero-order chi connectivity index (χ0) is 18.0. The molecule has 0 fully saturated rings. The van der Waals surface area contributed by atoms with Gasteiger partial charge in [0.25, 0.3) is 0 Å². The largest absolute Gasteiger partial charge is 0.481 e. The SMILES string of the molecule is O=C(O)CCc1ccc(-c2ccc(F)cc2)n1-c1cc(Cl)ccc1Cl. The molecule has 128 valence electrons. The summed E-state index contributed by atoms with van der Waals surface area (Å²) in [7, 11) is 0. The number of carbonyl (C=O) groups is 1. The van der Waals surface area contributed by atoms with E-state index < -0.39 is 5.97 Å². The Kier molecular flexibility index (Phi) is 5.11. The molecule has 0 aliphatic rings. The molecule has 0 spiro atoms. The van der Waals surface area contributed by atoms with Crippen molar-refractivity contribution in [3.05, 3.63) is 76.2 Å². The number of benzene rings is 2. The highest BCUT2D eigenvalue weighted by molar-refractivity contribution is 6.34. The van der Waals surface area contributed by atoms with Gasteiger partial charge in [-0.1, -0.05) is 23.2 Å². The number of carboxylic acids is 1. The van der Waals surface area contributed by atoms with Crippen LogP contribution in [0, 0.1) is 5.82 Å². The standard InChI is InChI=1S/C19H14Cl2FNO2/c20-13-3-8-16(21)18(11-13)23-15(7-10-19(24)25)6-9-17(23)12-1-4-14(22)5-2-12/h1-6,8-9,11H,7,10H2,(H,24,25). The molecule has 0 bridgehead atoms. The van der Waals surface area contributed by atoms with Crippen LogP contribution >= 0.6 is 23.2 Å². The van der Waals surface area contributed by atoms with Crippen molar-refractivity contribution >= 4 is 29.2 Å². The Morgan fingerprint density at radius 2 is 1.76 bits per heavy atom. The molecule has 25 heavy (non-hydrogen) atoms. The van der Waals surface area contributed by atoms with Crippen molar-refractivity contribution in [2.45, 2.75) is 12.8 Å². The highest BCUT2D eigenvalue weighted by Crippen LogP contribution is 2.32. The Labute approximate surface area is 154 Å². The minimum atomic E-state index is -0.881. The predicted molar refractivity (Wildman–Crippen MR) is 97.1 cm³/mol. The summed E-state index contributed by atoms with van der Waals surface area (Å²) < 4.78 is 15.1. The number of rotatable bonds is 5. The summed E-state index contributed by atoms with van der Waals surface area (Å²) in [5, 5.41) is 9.99. The van der Waals surface area contributed by atoms with E-state index in [1.54, 1.807) is 30.3 Å². The maximum Gasteiger partial charge on any atom is 0.303 e. The number of carboxylic acid groups (broad SMARTS) is 1. The van der Waals surface area contributed by atoms with Crippen molar-refractivity contribution in [3.63, 3.8) is 0 Å². The van der Waals surface area contributed by atoms with E-state index in [9.17, 15) is 9.18 Å². The van der Waals surface area contributed by atoms with E-state index in [1.807, 2.05) is 16.7 Å². The molecule has 0 saturated heterocycles. The second kappa shape index (κ2) is 7.30. The molecular weight excluding hydrogens is 364 g/mol. The van der Waals surface area contributed by atoms with Crippen LogP contribution in [0.25, 0.3) is 16.9 Å². The Hall–Kier alpha value is -2.30. The summed E-state index contributed by atoms with van der Waals surface area (Å²) >= 11 is 12.5. The summed E-state index contributed by atoms with van der Waals surface area (Å²) in [6, 6.07) is 14.9. The maximum atomic E-state index is 13.2. The van der Waals surface area contributed by atoms with Gasteiger partial charge in [-0.3, -0.25) is 4.79 Å². The smallest absolute Gasteiger partial charge is 0.303 e. The van der Waals surface area contributed by atoms with Crippen LogP contribution in [0.5, 0.6) is 0 Å². The topological polar surface area (TPSA) is 42.2 Å². The highest BCUT2D eigenvalue weighted by atomic mass is 35.5. The molecule has 1 aromatic heterocycles. The van der Waals surface area contributed by atoms with Gasteiger partial charge in [0.15, 0.2) is 0 Å². The van der Waals surface area contributed by atoms with Gasteiger partial charge in [0, 0.05) is 10.7 Å². The fraction of sp³-hybridized carbons (Fsp3) is 0.105. The summed E-state index contributed by atoms with van der Waals surface area (Å²) in [5.74, 6) is -1.21. The van der Waals surface area contributed by atoms with Crippen molar-refractivity contribution in [3.8, 4) is 16.9 Å². The molecule has 3 aromatic rings. The van der Waals surface area contributed by atoms with Crippen LogP contribution in [0.15, 0.2) is 54.6 Å². The summed E-state index contributed by atoms with van der Waals surface area (Å²) in [6.07, 6.45) is 0.324. The molecule has 3 rings (SSSR count). The highest BCUT2D eigenvalue weighted by Gasteiger charge is 2.15. The van der Waals surface area contributed by atoms with E-state index in [0.29, 0.717) is 22.2 Å². The average molecular weight is 378 g/mol. The van der Waals surface area contributed by atoms with Gasteiger partial charge in [-0.2, -0.15) is 0 Å². The van der Waals surface area contributed by atoms with Gasteiger partial charge in [0.2, 0.25) is 0 Å². The van der Waals surface area contributed by atoms with Gasteiger partial charge in [0.1, 0.15) is 5.82 Å². The van der Waals surface area contributed by atoms with E-state index in [0.717, 1.165) is 17.0 Å². The average Bonchev–Trinajstić information content (AvgIpc) is 2.99. The quantitative estimate of drug-likeness (QED) is 0.627. The summed E-state index contributed by atoms with van der Waals surface area (Å²) in [6.45, 7) is 0. The third-order valence-corrected chi connectivity index (χ3v) is 4.40. The van der Waals surface area contributed by atoms with Gasteiger partial charge in [-0.15, -0.1) is 0 Å². The van der Waals surface area contributed by atoms with Crippen molar-refractivity contribution in [1.82, 2.24) is 4.57 Å². The fourth-order valence-corrected chi connectivity index (χ4v) is 3.07. The predicted octanol–water partition coefficient (Wildman–Crippen LogP) is 5.61. The number of hydrogen-bond acceptors (Lipinski definition) is 1. The molecule has 1 heterocycles. The van der Waals surface area contributed by atoms with Crippen LogP contribution in [0.1, 0.15) is 12.1 Å². The first-order valence-electron chi connectivity index (χ1n) is 7.59. The number of aryl methyl sites for hydroxylation is 1. The van der Waals surface area contributed by atoms with Gasteiger partial charge in [-0.05, 0) is 66.6 Å².